The van der Waals surface area contributed by atoms with E-state index < -0.39 is 10.0 Å². The fourth-order valence-electron chi connectivity index (χ4n) is 1.77. The zero-order valence-corrected chi connectivity index (χ0v) is 15.1. The lowest BCUT2D eigenvalue weighted by molar-refractivity contribution is 0.527. The van der Waals surface area contributed by atoms with Crippen LogP contribution in [0.5, 0.6) is 0 Å². The average Bonchev–Trinajstić information content (AvgIpc) is 2.32. The van der Waals surface area contributed by atoms with Crippen LogP contribution in [0.15, 0.2) is 32.0 Å². The van der Waals surface area contributed by atoms with Crippen LogP contribution in [0.25, 0.3) is 0 Å². The summed E-state index contributed by atoms with van der Waals surface area (Å²) in [6.07, 6.45) is 4.17. The average molecular weight is 413 g/mol. The second kappa shape index (κ2) is 7.76. The molecule has 1 N–H and O–H groups in total. The maximum Gasteiger partial charge on any atom is 0.241 e. The third-order valence-electron chi connectivity index (χ3n) is 2.78. The molecular weight excluding hydrogens is 394 g/mol. The Labute approximate surface area is 132 Å². The van der Waals surface area contributed by atoms with Gasteiger partial charge in [0.1, 0.15) is 0 Å². The van der Waals surface area contributed by atoms with Gasteiger partial charge >= 0.3 is 0 Å². The minimum atomic E-state index is -3.48. The quantitative estimate of drug-likeness (QED) is 0.672. The van der Waals surface area contributed by atoms with Gasteiger partial charge in [0.2, 0.25) is 10.0 Å². The van der Waals surface area contributed by atoms with Gasteiger partial charge in [0.05, 0.1) is 4.90 Å². The number of unbranched alkanes of at least 4 members (excludes halogenated alkanes) is 2. The molecule has 1 aromatic carbocycles. The normalized spacial score (nSPS) is 13.5. The molecule has 1 unspecified atom stereocenters. The van der Waals surface area contributed by atoms with E-state index in [0.717, 1.165) is 30.2 Å². The monoisotopic (exact) mass is 411 g/mol. The molecule has 0 fully saturated rings. The van der Waals surface area contributed by atoms with Crippen molar-refractivity contribution < 1.29 is 8.42 Å². The second-order valence-electron chi connectivity index (χ2n) is 4.59. The highest BCUT2D eigenvalue weighted by molar-refractivity contribution is 9.11. The van der Waals surface area contributed by atoms with Crippen molar-refractivity contribution >= 4 is 41.9 Å². The molecule has 6 heteroatoms. The summed E-state index contributed by atoms with van der Waals surface area (Å²) in [6.45, 7) is 4.03. The van der Waals surface area contributed by atoms with Gasteiger partial charge < -0.3 is 0 Å². The van der Waals surface area contributed by atoms with Gasteiger partial charge in [0.25, 0.3) is 0 Å². The summed E-state index contributed by atoms with van der Waals surface area (Å²) in [4.78, 5) is 0.268. The first-order valence-corrected chi connectivity index (χ1v) is 9.41. The molecule has 0 aliphatic heterocycles. The van der Waals surface area contributed by atoms with Crippen LogP contribution in [-0.2, 0) is 10.0 Å². The van der Waals surface area contributed by atoms with Crippen molar-refractivity contribution in [3.05, 3.63) is 27.1 Å². The number of benzene rings is 1. The van der Waals surface area contributed by atoms with E-state index in [0.29, 0.717) is 4.47 Å². The highest BCUT2D eigenvalue weighted by Crippen LogP contribution is 2.25. The Morgan fingerprint density at radius 2 is 1.95 bits per heavy atom. The largest absolute Gasteiger partial charge is 0.241 e. The second-order valence-corrected chi connectivity index (χ2v) is 8.05. The van der Waals surface area contributed by atoms with E-state index in [1.165, 1.54) is 0 Å². The topological polar surface area (TPSA) is 46.2 Å². The lowest BCUT2D eigenvalue weighted by Crippen LogP contribution is -2.32. The van der Waals surface area contributed by atoms with Crippen molar-refractivity contribution in [3.63, 3.8) is 0 Å². The minimum Gasteiger partial charge on any atom is -0.208 e. The summed E-state index contributed by atoms with van der Waals surface area (Å²) >= 11 is 6.57. The maximum atomic E-state index is 12.3. The van der Waals surface area contributed by atoms with Crippen molar-refractivity contribution in [3.8, 4) is 0 Å². The standard InChI is InChI=1S/C13H19Br2NO2S/c1-3-4-5-6-10(2)16-19(17,18)13-9-11(14)7-8-12(13)15/h7-10,16H,3-6H2,1-2H3. The molecule has 1 aromatic rings. The molecule has 0 aromatic heterocycles. The van der Waals surface area contributed by atoms with Gasteiger partial charge in [-0.05, 0) is 47.5 Å². The number of halogens is 2. The highest BCUT2D eigenvalue weighted by atomic mass is 79.9. The van der Waals surface area contributed by atoms with Crippen molar-refractivity contribution in [2.75, 3.05) is 0 Å². The summed E-state index contributed by atoms with van der Waals surface area (Å²) in [7, 11) is -3.48. The van der Waals surface area contributed by atoms with Crippen molar-refractivity contribution in [1.29, 1.82) is 0 Å². The Morgan fingerprint density at radius 3 is 2.58 bits per heavy atom. The van der Waals surface area contributed by atoms with E-state index in [4.69, 9.17) is 0 Å². The molecular formula is C13H19Br2NO2S. The lowest BCUT2D eigenvalue weighted by atomic mass is 10.1. The van der Waals surface area contributed by atoms with Crippen LogP contribution >= 0.6 is 31.9 Å². The fraction of sp³-hybridized carbons (Fsp3) is 0.538. The Hall–Kier alpha value is 0.0900. The Morgan fingerprint density at radius 1 is 1.26 bits per heavy atom. The van der Waals surface area contributed by atoms with E-state index >= 15 is 0 Å². The van der Waals surface area contributed by atoms with Crippen LogP contribution in [0, 0.1) is 0 Å². The molecule has 0 spiro atoms. The molecule has 0 aliphatic rings. The third kappa shape index (κ3) is 5.53. The molecule has 0 amide bonds. The molecule has 108 valence electrons. The van der Waals surface area contributed by atoms with E-state index in [1.807, 2.05) is 6.92 Å². The van der Waals surface area contributed by atoms with Gasteiger partial charge in [-0.1, -0.05) is 42.1 Å². The van der Waals surface area contributed by atoms with Gasteiger partial charge in [-0.25, -0.2) is 13.1 Å². The highest BCUT2D eigenvalue weighted by Gasteiger charge is 2.20. The minimum absolute atomic E-state index is 0.0533. The number of nitrogens with one attached hydrogen (secondary N) is 1. The number of hydrogen-bond acceptors (Lipinski definition) is 2. The Bertz CT molecular complexity index is 517. The van der Waals surface area contributed by atoms with Gasteiger partial charge in [-0.3, -0.25) is 0 Å². The molecule has 0 aliphatic carbocycles. The molecule has 0 bridgehead atoms. The van der Waals surface area contributed by atoms with Crippen molar-refractivity contribution in [2.24, 2.45) is 0 Å². The zero-order valence-electron chi connectivity index (χ0n) is 11.1. The molecule has 1 atom stereocenters. The summed E-state index contributed by atoms with van der Waals surface area (Å²) in [6, 6.07) is 5.07. The first-order chi connectivity index (χ1) is 8.86. The van der Waals surface area contributed by atoms with Crippen molar-refractivity contribution in [2.45, 2.75) is 50.5 Å². The summed E-state index contributed by atoms with van der Waals surface area (Å²) in [5.74, 6) is 0. The molecule has 3 nitrogen and oxygen atoms in total. The van der Waals surface area contributed by atoms with E-state index in [-0.39, 0.29) is 10.9 Å². The smallest absolute Gasteiger partial charge is 0.208 e. The Balaban J connectivity index is 2.78. The lowest BCUT2D eigenvalue weighted by Gasteiger charge is -2.15. The molecule has 0 saturated carbocycles. The van der Waals surface area contributed by atoms with Crippen LogP contribution in [0.3, 0.4) is 0 Å². The molecule has 1 rings (SSSR count). The SMILES string of the molecule is CCCCCC(C)NS(=O)(=O)c1cc(Br)ccc1Br. The first kappa shape index (κ1) is 17.1. The summed E-state index contributed by atoms with van der Waals surface area (Å²) < 4.78 is 28.6. The van der Waals surface area contributed by atoms with E-state index in [2.05, 4.69) is 43.5 Å². The third-order valence-corrected chi connectivity index (χ3v) is 5.86. The number of hydrogen-bond donors (Lipinski definition) is 1. The zero-order chi connectivity index (χ0) is 14.5. The summed E-state index contributed by atoms with van der Waals surface area (Å²) in [5, 5.41) is 0. The van der Waals surface area contributed by atoms with Crippen LogP contribution in [0.2, 0.25) is 0 Å². The van der Waals surface area contributed by atoms with Crippen LogP contribution in [0.4, 0.5) is 0 Å². The maximum absolute atomic E-state index is 12.3. The van der Waals surface area contributed by atoms with E-state index in [9.17, 15) is 8.42 Å². The van der Waals surface area contributed by atoms with Crippen molar-refractivity contribution in [1.82, 2.24) is 4.72 Å². The number of rotatable bonds is 7. The molecule has 0 saturated heterocycles. The predicted octanol–water partition coefficient (Wildman–Crippen LogP) is 4.46. The van der Waals surface area contributed by atoms with E-state index in [1.54, 1.807) is 18.2 Å². The van der Waals surface area contributed by atoms with Gasteiger partial charge in [0.15, 0.2) is 0 Å². The first-order valence-electron chi connectivity index (χ1n) is 6.34. The van der Waals surface area contributed by atoms with Gasteiger partial charge in [-0.2, -0.15) is 0 Å². The van der Waals surface area contributed by atoms with Crippen LogP contribution in [0.1, 0.15) is 39.5 Å². The Kier molecular flexibility index (Phi) is 7.00. The van der Waals surface area contributed by atoms with Crippen LogP contribution in [-0.4, -0.2) is 14.5 Å². The van der Waals surface area contributed by atoms with Gasteiger partial charge in [0, 0.05) is 15.0 Å². The molecule has 0 radical (unpaired) electrons. The fourth-order valence-corrected chi connectivity index (χ4v) is 4.55. The van der Waals surface area contributed by atoms with Gasteiger partial charge in [-0.15, -0.1) is 0 Å². The van der Waals surface area contributed by atoms with Crippen LogP contribution < -0.4 is 4.72 Å². The summed E-state index contributed by atoms with van der Waals surface area (Å²) in [5.41, 5.74) is 0. The number of sulfonamides is 1. The predicted molar refractivity (Wildman–Crippen MR) is 85.8 cm³/mol. The molecule has 0 heterocycles. The molecule has 19 heavy (non-hydrogen) atoms.